The lowest BCUT2D eigenvalue weighted by Gasteiger charge is -2.33. The number of carbonyl (C=O) groups is 2. The number of sulfonamides is 1. The fraction of sp³-hybridized carbons (Fsp3) is 0.212. The molecule has 0 radical (unpaired) electrons. The highest BCUT2D eigenvalue weighted by molar-refractivity contribution is 7.92. The average Bonchev–Trinajstić information content (AvgIpc) is 3.01. The van der Waals surface area contributed by atoms with Gasteiger partial charge in [0, 0.05) is 25.0 Å². The van der Waals surface area contributed by atoms with Crippen LogP contribution < -0.4 is 14.4 Å². The van der Waals surface area contributed by atoms with E-state index in [4.69, 9.17) is 27.9 Å². The van der Waals surface area contributed by atoms with Crippen molar-refractivity contribution in [3.8, 4) is 5.75 Å². The first-order valence-corrected chi connectivity index (χ1v) is 16.0. The number of nitrogens with zero attached hydrogens (tertiary/aromatic N) is 2. The molecule has 230 valence electrons. The molecule has 0 heterocycles. The highest BCUT2D eigenvalue weighted by atomic mass is 35.5. The van der Waals surface area contributed by atoms with Crippen LogP contribution in [0.2, 0.25) is 10.0 Å². The van der Waals surface area contributed by atoms with Gasteiger partial charge in [-0.25, -0.2) is 8.42 Å². The number of anilines is 1. The summed E-state index contributed by atoms with van der Waals surface area (Å²) in [4.78, 5) is 29.1. The molecular weight excluding hydrogens is 621 g/mol. The molecule has 0 saturated carbocycles. The Kier molecular flexibility index (Phi) is 10.9. The summed E-state index contributed by atoms with van der Waals surface area (Å²) in [6.45, 7) is 1.24. The van der Waals surface area contributed by atoms with Crippen molar-refractivity contribution in [2.24, 2.45) is 0 Å². The summed E-state index contributed by atoms with van der Waals surface area (Å²) in [5, 5.41) is 3.30. The summed E-state index contributed by atoms with van der Waals surface area (Å²) in [5.41, 5.74) is 2.54. The predicted octanol–water partition coefficient (Wildman–Crippen LogP) is 5.89. The topological polar surface area (TPSA) is 96.0 Å². The molecule has 0 aliphatic heterocycles. The summed E-state index contributed by atoms with van der Waals surface area (Å²) in [6, 6.07) is 26.1. The zero-order chi connectivity index (χ0) is 31.9. The lowest BCUT2D eigenvalue weighted by Crippen LogP contribution is -2.53. The minimum Gasteiger partial charge on any atom is -0.495 e. The van der Waals surface area contributed by atoms with E-state index in [0.29, 0.717) is 16.3 Å². The van der Waals surface area contributed by atoms with Gasteiger partial charge in [-0.3, -0.25) is 13.9 Å². The van der Waals surface area contributed by atoms with Crippen molar-refractivity contribution >= 4 is 50.7 Å². The molecule has 0 bridgehead atoms. The third-order valence-corrected chi connectivity index (χ3v) is 9.39. The second kappa shape index (κ2) is 14.6. The molecule has 0 aliphatic rings. The van der Waals surface area contributed by atoms with Crippen LogP contribution in [0.3, 0.4) is 0 Å². The summed E-state index contributed by atoms with van der Waals surface area (Å²) in [5.74, 6) is -0.652. The van der Waals surface area contributed by atoms with Crippen LogP contribution in [0.1, 0.15) is 16.7 Å². The van der Waals surface area contributed by atoms with Gasteiger partial charge < -0.3 is 15.0 Å². The molecule has 0 spiro atoms. The van der Waals surface area contributed by atoms with Crippen molar-refractivity contribution in [1.82, 2.24) is 10.2 Å². The minimum atomic E-state index is -4.26. The van der Waals surface area contributed by atoms with E-state index in [1.165, 1.54) is 49.4 Å². The van der Waals surface area contributed by atoms with Crippen molar-refractivity contribution in [1.29, 1.82) is 0 Å². The Morgan fingerprint density at radius 3 is 2.18 bits per heavy atom. The largest absolute Gasteiger partial charge is 0.495 e. The monoisotopic (exact) mass is 653 g/mol. The molecule has 0 unspecified atom stereocenters. The highest BCUT2D eigenvalue weighted by Crippen LogP contribution is 2.32. The fourth-order valence-corrected chi connectivity index (χ4v) is 6.60. The Morgan fingerprint density at radius 1 is 0.886 bits per heavy atom. The quantitative estimate of drug-likeness (QED) is 0.206. The van der Waals surface area contributed by atoms with Crippen LogP contribution in [0.15, 0.2) is 102 Å². The van der Waals surface area contributed by atoms with Crippen LogP contribution in [0.25, 0.3) is 0 Å². The number of amides is 2. The standard InChI is InChI=1S/C33H33Cl2N3O5S/c1-23-12-15-28(16-13-23)44(41,42)38(27-14-17-31(43-3)29(35)20-27)22-32(39)37(21-25-10-7-11-26(34)18-25)30(33(40)36-2)19-24-8-5-4-6-9-24/h4-18,20,30H,19,21-22H2,1-3H3,(H,36,40)/t30-/m1/s1. The molecule has 2 amide bonds. The van der Waals surface area contributed by atoms with Crippen LogP contribution in [0.4, 0.5) is 5.69 Å². The number of aryl methyl sites for hydroxylation is 1. The Balaban J connectivity index is 1.81. The number of ether oxygens (including phenoxy) is 1. The zero-order valence-corrected chi connectivity index (χ0v) is 26.9. The van der Waals surface area contributed by atoms with Crippen molar-refractivity contribution in [2.45, 2.75) is 30.8 Å². The predicted molar refractivity (Wildman–Crippen MR) is 174 cm³/mol. The number of methoxy groups -OCH3 is 1. The number of likely N-dealkylation sites (N-methyl/N-ethyl adjacent to an activating group) is 1. The molecule has 4 aromatic rings. The second-order valence-corrected chi connectivity index (χ2v) is 12.8. The lowest BCUT2D eigenvalue weighted by atomic mass is 10.0. The SMILES string of the molecule is CNC(=O)[C@@H](Cc1ccccc1)N(Cc1cccc(Cl)c1)C(=O)CN(c1ccc(OC)c(Cl)c1)S(=O)(=O)c1ccc(C)cc1. The summed E-state index contributed by atoms with van der Waals surface area (Å²) < 4.78 is 34.5. The Hall–Kier alpha value is -4.05. The van der Waals surface area contributed by atoms with Crippen LogP contribution >= 0.6 is 23.2 Å². The first-order valence-electron chi connectivity index (χ1n) is 13.8. The van der Waals surface area contributed by atoms with Crippen molar-refractivity contribution in [2.75, 3.05) is 25.0 Å². The van der Waals surface area contributed by atoms with Gasteiger partial charge in [0.2, 0.25) is 11.8 Å². The normalized spacial score (nSPS) is 11.8. The number of carbonyl (C=O) groups excluding carboxylic acids is 2. The van der Waals surface area contributed by atoms with Gasteiger partial charge in [-0.05, 0) is 60.5 Å². The Morgan fingerprint density at radius 2 is 1.57 bits per heavy atom. The molecule has 0 aliphatic carbocycles. The maximum absolute atomic E-state index is 14.4. The van der Waals surface area contributed by atoms with Gasteiger partial charge in [-0.2, -0.15) is 0 Å². The lowest BCUT2D eigenvalue weighted by molar-refractivity contribution is -0.139. The summed E-state index contributed by atoms with van der Waals surface area (Å²) >= 11 is 12.7. The zero-order valence-electron chi connectivity index (χ0n) is 24.5. The maximum atomic E-state index is 14.4. The van der Waals surface area contributed by atoms with Crippen LogP contribution in [0.5, 0.6) is 5.75 Å². The fourth-order valence-electron chi connectivity index (χ4n) is 4.73. The molecule has 1 atom stereocenters. The van der Waals surface area contributed by atoms with Gasteiger partial charge >= 0.3 is 0 Å². The average molecular weight is 655 g/mol. The van der Waals surface area contributed by atoms with Crippen LogP contribution in [-0.4, -0.2) is 51.9 Å². The van der Waals surface area contributed by atoms with Crippen molar-refractivity contribution in [3.05, 3.63) is 124 Å². The van der Waals surface area contributed by atoms with Gasteiger partial charge in [0.15, 0.2) is 0 Å². The smallest absolute Gasteiger partial charge is 0.264 e. The molecule has 0 aromatic heterocycles. The van der Waals surface area contributed by atoms with Gasteiger partial charge in [-0.1, -0.05) is 83.4 Å². The molecular formula is C33H33Cl2N3O5S. The van der Waals surface area contributed by atoms with E-state index in [-0.39, 0.29) is 28.6 Å². The first-order chi connectivity index (χ1) is 21.0. The molecule has 4 aromatic carbocycles. The van der Waals surface area contributed by atoms with Crippen LogP contribution in [0, 0.1) is 6.92 Å². The van der Waals surface area contributed by atoms with Crippen molar-refractivity contribution in [3.63, 3.8) is 0 Å². The first kappa shape index (κ1) is 32.9. The van der Waals surface area contributed by atoms with E-state index >= 15 is 0 Å². The Labute approximate surface area is 268 Å². The molecule has 4 rings (SSSR count). The van der Waals surface area contributed by atoms with E-state index in [0.717, 1.165) is 15.4 Å². The molecule has 0 fully saturated rings. The molecule has 1 N–H and O–H groups in total. The number of rotatable bonds is 12. The molecule has 11 heteroatoms. The maximum Gasteiger partial charge on any atom is 0.264 e. The highest BCUT2D eigenvalue weighted by Gasteiger charge is 2.34. The van der Waals surface area contributed by atoms with E-state index < -0.39 is 34.4 Å². The van der Waals surface area contributed by atoms with Crippen molar-refractivity contribution < 1.29 is 22.7 Å². The number of hydrogen-bond acceptors (Lipinski definition) is 5. The number of benzene rings is 4. The van der Waals surface area contributed by atoms with E-state index in [1.54, 1.807) is 36.4 Å². The number of halogens is 2. The third kappa shape index (κ3) is 7.91. The van der Waals surface area contributed by atoms with E-state index in [1.807, 2.05) is 37.3 Å². The van der Waals surface area contributed by atoms with Crippen LogP contribution in [-0.2, 0) is 32.6 Å². The molecule has 44 heavy (non-hydrogen) atoms. The van der Waals surface area contributed by atoms with Gasteiger partial charge in [0.05, 0.1) is 22.7 Å². The van der Waals surface area contributed by atoms with Gasteiger partial charge in [-0.15, -0.1) is 0 Å². The minimum absolute atomic E-state index is 0.00336. The molecule has 8 nitrogen and oxygen atoms in total. The van der Waals surface area contributed by atoms with E-state index in [2.05, 4.69) is 5.32 Å². The third-order valence-electron chi connectivity index (χ3n) is 7.07. The number of nitrogens with one attached hydrogen (secondary N) is 1. The molecule has 0 saturated heterocycles. The second-order valence-electron chi connectivity index (χ2n) is 10.1. The van der Waals surface area contributed by atoms with E-state index in [9.17, 15) is 18.0 Å². The summed E-state index contributed by atoms with van der Waals surface area (Å²) in [7, 11) is -1.32. The summed E-state index contributed by atoms with van der Waals surface area (Å²) in [6.07, 6.45) is 0.200. The van der Waals surface area contributed by atoms with Gasteiger partial charge in [0.1, 0.15) is 18.3 Å². The Bertz CT molecular complexity index is 1720. The number of hydrogen-bond donors (Lipinski definition) is 1. The van der Waals surface area contributed by atoms with Gasteiger partial charge in [0.25, 0.3) is 10.0 Å².